The van der Waals surface area contributed by atoms with Crippen LogP contribution >= 0.6 is 0 Å². The molecule has 0 unspecified atom stereocenters. The van der Waals surface area contributed by atoms with Gasteiger partial charge in [-0.1, -0.05) is 6.92 Å². The molecule has 1 fully saturated rings. The zero-order valence-electron chi connectivity index (χ0n) is 14.0. The fraction of sp³-hybridized carbons (Fsp3) is 0.588. The SMILES string of the molecule is CCN(CC(=O)O)C1CC(NCc2cc(OC)cc(OC)c2)C1. The van der Waals surface area contributed by atoms with Gasteiger partial charge in [0, 0.05) is 24.7 Å². The molecule has 0 bridgehead atoms. The summed E-state index contributed by atoms with van der Waals surface area (Å²) in [5, 5.41) is 12.4. The van der Waals surface area contributed by atoms with Crippen molar-refractivity contribution in [2.24, 2.45) is 0 Å². The molecule has 0 amide bonds. The number of ether oxygens (including phenoxy) is 2. The molecule has 1 aromatic rings. The molecular weight excluding hydrogens is 296 g/mol. The number of nitrogens with one attached hydrogen (secondary N) is 1. The molecule has 2 rings (SSSR count). The lowest BCUT2D eigenvalue weighted by Gasteiger charge is -2.42. The maximum absolute atomic E-state index is 10.8. The van der Waals surface area contributed by atoms with E-state index < -0.39 is 5.97 Å². The van der Waals surface area contributed by atoms with Crippen molar-refractivity contribution in [1.29, 1.82) is 0 Å². The van der Waals surface area contributed by atoms with E-state index >= 15 is 0 Å². The molecule has 1 aromatic carbocycles. The van der Waals surface area contributed by atoms with E-state index in [-0.39, 0.29) is 6.54 Å². The second kappa shape index (κ2) is 8.17. The fourth-order valence-corrected chi connectivity index (χ4v) is 2.96. The number of carboxylic acid groups (broad SMARTS) is 1. The summed E-state index contributed by atoms with van der Waals surface area (Å²) >= 11 is 0. The maximum atomic E-state index is 10.8. The van der Waals surface area contributed by atoms with E-state index in [0.29, 0.717) is 12.1 Å². The highest BCUT2D eigenvalue weighted by Crippen LogP contribution is 2.27. The Balaban J connectivity index is 1.81. The van der Waals surface area contributed by atoms with Crippen LogP contribution in [0.2, 0.25) is 0 Å². The number of aliphatic carboxylic acids is 1. The molecule has 2 N–H and O–H groups in total. The van der Waals surface area contributed by atoms with Gasteiger partial charge in [0.1, 0.15) is 11.5 Å². The lowest BCUT2D eigenvalue weighted by Crippen LogP contribution is -2.53. The maximum Gasteiger partial charge on any atom is 0.317 e. The first-order valence-electron chi connectivity index (χ1n) is 7.96. The van der Waals surface area contributed by atoms with Gasteiger partial charge in [0.25, 0.3) is 0 Å². The third kappa shape index (κ3) is 4.84. The zero-order valence-corrected chi connectivity index (χ0v) is 14.0. The first-order valence-corrected chi connectivity index (χ1v) is 7.96. The summed E-state index contributed by atoms with van der Waals surface area (Å²) in [6.45, 7) is 3.65. The molecule has 1 aliphatic carbocycles. The minimum absolute atomic E-state index is 0.126. The summed E-state index contributed by atoms with van der Waals surface area (Å²) in [7, 11) is 3.29. The van der Waals surface area contributed by atoms with Crippen LogP contribution in [0.4, 0.5) is 0 Å². The van der Waals surface area contributed by atoms with Crippen molar-refractivity contribution in [3.63, 3.8) is 0 Å². The number of benzene rings is 1. The van der Waals surface area contributed by atoms with E-state index in [4.69, 9.17) is 14.6 Å². The summed E-state index contributed by atoms with van der Waals surface area (Å²) < 4.78 is 10.5. The molecule has 128 valence electrons. The van der Waals surface area contributed by atoms with E-state index in [1.165, 1.54) is 0 Å². The monoisotopic (exact) mass is 322 g/mol. The van der Waals surface area contributed by atoms with Crippen LogP contribution in [0.3, 0.4) is 0 Å². The molecule has 1 saturated carbocycles. The smallest absolute Gasteiger partial charge is 0.317 e. The summed E-state index contributed by atoms with van der Waals surface area (Å²) in [5.74, 6) is 0.809. The minimum Gasteiger partial charge on any atom is -0.497 e. The third-order valence-corrected chi connectivity index (χ3v) is 4.38. The minimum atomic E-state index is -0.758. The summed E-state index contributed by atoms with van der Waals surface area (Å²) in [6.07, 6.45) is 1.98. The predicted molar refractivity (Wildman–Crippen MR) is 88.1 cm³/mol. The Hall–Kier alpha value is -1.79. The standard InChI is InChI=1S/C17H26N2O4/c1-4-19(11-17(20)21)14-7-13(8-14)18-10-12-5-15(22-2)9-16(6-12)23-3/h5-6,9,13-14,18H,4,7-8,10-11H2,1-3H3,(H,20,21). The zero-order chi connectivity index (χ0) is 16.8. The number of carbonyl (C=O) groups is 1. The summed E-state index contributed by atoms with van der Waals surface area (Å²) in [6, 6.07) is 6.64. The van der Waals surface area contributed by atoms with Gasteiger partial charge in [0.2, 0.25) is 0 Å². The van der Waals surface area contributed by atoms with Crippen LogP contribution < -0.4 is 14.8 Å². The van der Waals surface area contributed by atoms with Crippen molar-refractivity contribution in [2.75, 3.05) is 27.3 Å². The van der Waals surface area contributed by atoms with Crippen molar-refractivity contribution in [1.82, 2.24) is 10.2 Å². The Morgan fingerprint density at radius 1 is 1.26 bits per heavy atom. The van der Waals surface area contributed by atoms with E-state index in [0.717, 1.165) is 43.0 Å². The Kier molecular flexibility index (Phi) is 6.24. The van der Waals surface area contributed by atoms with Crippen molar-refractivity contribution in [3.8, 4) is 11.5 Å². The number of rotatable bonds is 9. The van der Waals surface area contributed by atoms with Gasteiger partial charge >= 0.3 is 5.97 Å². The third-order valence-electron chi connectivity index (χ3n) is 4.38. The van der Waals surface area contributed by atoms with Gasteiger partial charge in [-0.25, -0.2) is 0 Å². The number of hydrogen-bond donors (Lipinski definition) is 2. The van der Waals surface area contributed by atoms with Crippen LogP contribution in [0.25, 0.3) is 0 Å². The van der Waals surface area contributed by atoms with Gasteiger partial charge < -0.3 is 19.9 Å². The van der Waals surface area contributed by atoms with E-state index in [1.54, 1.807) is 14.2 Å². The average molecular weight is 322 g/mol. The molecule has 0 saturated heterocycles. The highest BCUT2D eigenvalue weighted by Gasteiger charge is 2.33. The molecule has 1 aliphatic rings. The lowest BCUT2D eigenvalue weighted by atomic mass is 9.85. The van der Waals surface area contributed by atoms with Gasteiger partial charge in [-0.15, -0.1) is 0 Å². The number of hydrogen-bond acceptors (Lipinski definition) is 5. The first kappa shape index (κ1) is 17.6. The van der Waals surface area contributed by atoms with E-state index in [9.17, 15) is 4.79 Å². The molecule has 0 heterocycles. The predicted octanol–water partition coefficient (Wildman–Crippen LogP) is 1.73. The summed E-state index contributed by atoms with van der Waals surface area (Å²) in [4.78, 5) is 12.9. The van der Waals surface area contributed by atoms with Gasteiger partial charge in [-0.05, 0) is 37.1 Å². The quantitative estimate of drug-likeness (QED) is 0.721. The second-order valence-corrected chi connectivity index (χ2v) is 5.88. The van der Waals surface area contributed by atoms with Crippen LogP contribution in [0.1, 0.15) is 25.3 Å². The molecule has 0 aliphatic heterocycles. The second-order valence-electron chi connectivity index (χ2n) is 5.88. The topological polar surface area (TPSA) is 71.0 Å². The van der Waals surface area contributed by atoms with Crippen molar-refractivity contribution in [3.05, 3.63) is 23.8 Å². The molecule has 0 atom stereocenters. The number of nitrogens with zero attached hydrogens (tertiary/aromatic N) is 1. The Morgan fingerprint density at radius 3 is 2.35 bits per heavy atom. The molecule has 0 aromatic heterocycles. The molecule has 0 radical (unpaired) electrons. The largest absolute Gasteiger partial charge is 0.497 e. The summed E-state index contributed by atoms with van der Waals surface area (Å²) in [5.41, 5.74) is 1.11. The average Bonchev–Trinajstić information content (AvgIpc) is 2.51. The Labute approximate surface area is 137 Å². The lowest BCUT2D eigenvalue weighted by molar-refractivity contribution is -0.139. The van der Waals surface area contributed by atoms with Crippen LogP contribution in [-0.2, 0) is 11.3 Å². The normalized spacial score (nSPS) is 20.2. The van der Waals surface area contributed by atoms with Crippen molar-refractivity contribution in [2.45, 2.75) is 38.4 Å². The van der Waals surface area contributed by atoms with Crippen LogP contribution in [-0.4, -0.2) is 55.4 Å². The van der Waals surface area contributed by atoms with E-state index in [1.807, 2.05) is 30.0 Å². The molecule has 0 spiro atoms. The molecule has 6 heteroatoms. The number of carboxylic acids is 1. The highest BCUT2D eigenvalue weighted by molar-refractivity contribution is 5.69. The van der Waals surface area contributed by atoms with Gasteiger partial charge in [-0.2, -0.15) is 0 Å². The molecule has 23 heavy (non-hydrogen) atoms. The molecular formula is C17H26N2O4. The van der Waals surface area contributed by atoms with E-state index in [2.05, 4.69) is 5.32 Å². The number of likely N-dealkylation sites (N-methyl/N-ethyl adjacent to an activating group) is 1. The van der Waals surface area contributed by atoms with Crippen LogP contribution in [0.5, 0.6) is 11.5 Å². The highest BCUT2D eigenvalue weighted by atomic mass is 16.5. The van der Waals surface area contributed by atoms with Gasteiger partial charge in [-0.3, -0.25) is 9.69 Å². The van der Waals surface area contributed by atoms with Crippen LogP contribution in [0.15, 0.2) is 18.2 Å². The van der Waals surface area contributed by atoms with Crippen LogP contribution in [0, 0.1) is 0 Å². The molecule has 6 nitrogen and oxygen atoms in total. The van der Waals surface area contributed by atoms with Crippen molar-refractivity contribution < 1.29 is 19.4 Å². The number of methoxy groups -OCH3 is 2. The van der Waals surface area contributed by atoms with Crippen molar-refractivity contribution >= 4 is 5.97 Å². The Bertz CT molecular complexity index is 507. The van der Waals surface area contributed by atoms with Gasteiger partial charge in [0.15, 0.2) is 0 Å². The first-order chi connectivity index (χ1) is 11.0. The fourth-order valence-electron chi connectivity index (χ4n) is 2.96. The van der Waals surface area contributed by atoms with Gasteiger partial charge in [0.05, 0.1) is 20.8 Å². The Morgan fingerprint density at radius 2 is 1.87 bits per heavy atom.